The number of fused-ring (bicyclic) bond motifs is 7. The van der Waals surface area contributed by atoms with Crippen LogP contribution in [0, 0.1) is 24.0 Å². The van der Waals surface area contributed by atoms with E-state index in [1.165, 1.54) is 6.07 Å². The Labute approximate surface area is 311 Å². The summed E-state index contributed by atoms with van der Waals surface area (Å²) in [6.07, 6.45) is 6.11. The molecule has 13 heteroatoms. The van der Waals surface area contributed by atoms with Crippen molar-refractivity contribution in [2.75, 3.05) is 31.1 Å². The minimum atomic E-state index is -1.01. The Morgan fingerprint density at radius 2 is 1.94 bits per heavy atom. The summed E-state index contributed by atoms with van der Waals surface area (Å²) >= 11 is 0. The Morgan fingerprint density at radius 3 is 2.72 bits per heavy atom. The van der Waals surface area contributed by atoms with E-state index in [2.05, 4.69) is 27.3 Å². The number of carbonyl (C=O) groups excluding carboxylic acids is 1. The molecule has 7 heterocycles. The molecule has 4 saturated heterocycles. The van der Waals surface area contributed by atoms with Gasteiger partial charge in [-0.05, 0) is 58.4 Å². The third-order valence-electron chi connectivity index (χ3n) is 11.6. The maximum absolute atomic E-state index is 17.4. The molecule has 280 valence electrons. The highest BCUT2D eigenvalue weighted by atomic mass is 19.1. The molecule has 9 rings (SSSR count). The molecule has 0 spiro atoms. The van der Waals surface area contributed by atoms with Crippen LogP contribution in [0.5, 0.6) is 11.9 Å². The number of rotatable bonds is 4. The van der Waals surface area contributed by atoms with Gasteiger partial charge in [0, 0.05) is 37.0 Å². The second kappa shape index (κ2) is 12.2. The highest BCUT2D eigenvalue weighted by Crippen LogP contribution is 2.48. The summed E-state index contributed by atoms with van der Waals surface area (Å²) in [5.74, 6) is 1.49. The summed E-state index contributed by atoms with van der Waals surface area (Å²) in [5.41, 5.74) is -0.286. The van der Waals surface area contributed by atoms with Crippen LogP contribution in [0.15, 0.2) is 42.5 Å². The molecule has 6 atom stereocenters. The van der Waals surface area contributed by atoms with Crippen LogP contribution in [0.2, 0.25) is 0 Å². The van der Waals surface area contributed by atoms with Gasteiger partial charge in [0.05, 0.1) is 29.2 Å². The first-order valence-corrected chi connectivity index (χ1v) is 18.5. The summed E-state index contributed by atoms with van der Waals surface area (Å²) in [5, 5.41) is 1.19. The molecule has 5 aliphatic heterocycles. The van der Waals surface area contributed by atoms with Crippen molar-refractivity contribution in [2.24, 2.45) is 0 Å². The standard InChI is InChI=1S/C41H41F3N6O4/c1-7-26-28(43)13-11-23-9-8-10-27(30(23)26)33-32(44)34-31-36(47-38(46-34)52-20-41-15-21(2)17-48(41)18-24(42)16-41)49-19-25-12-14-29(35(49)22(3)53-37(31)45-33)50(25)39(51)54-40(4,5)6/h1,8-11,13,22,24-25,29,35H,2,12,14-20H2,3-6H3/t22-,24?,25+,29-,35+,41?/m0/s1. The van der Waals surface area contributed by atoms with Crippen LogP contribution in [0.3, 0.4) is 0 Å². The lowest BCUT2D eigenvalue weighted by Crippen LogP contribution is -2.65. The van der Waals surface area contributed by atoms with Crippen LogP contribution in [0.4, 0.5) is 23.8 Å². The van der Waals surface area contributed by atoms with Crippen LogP contribution >= 0.6 is 0 Å². The zero-order chi connectivity index (χ0) is 37.8. The number of alkyl halides is 1. The van der Waals surface area contributed by atoms with Crippen LogP contribution < -0.4 is 14.4 Å². The third-order valence-corrected chi connectivity index (χ3v) is 11.6. The number of pyridine rings is 1. The molecule has 0 aliphatic carbocycles. The van der Waals surface area contributed by atoms with Crippen LogP contribution in [-0.2, 0) is 4.74 Å². The highest BCUT2D eigenvalue weighted by Gasteiger charge is 2.54. The molecule has 1 amide bonds. The van der Waals surface area contributed by atoms with Crippen molar-refractivity contribution in [3.63, 3.8) is 0 Å². The average molecular weight is 739 g/mol. The SMILES string of the molecule is C#Cc1c(F)ccc2cccc(-c3nc4c5c(nc(OCC67CC(=C)CN6CC(F)C7)nc5c3F)N3C[C@H]5CC[C@@H]([C@H]3[C@H](C)O4)N5C(=O)OC(C)(C)C)c12. The smallest absolute Gasteiger partial charge is 0.410 e. The number of aromatic nitrogens is 3. The lowest BCUT2D eigenvalue weighted by molar-refractivity contribution is 0.000936. The van der Waals surface area contributed by atoms with Crippen molar-refractivity contribution in [1.82, 2.24) is 24.8 Å². The Hall–Kier alpha value is -5.09. The van der Waals surface area contributed by atoms with Crippen LogP contribution in [0.1, 0.15) is 58.9 Å². The average Bonchev–Trinajstić information content (AvgIpc) is 3.67. The quantitative estimate of drug-likeness (QED) is 0.163. The van der Waals surface area contributed by atoms with Gasteiger partial charge in [0.15, 0.2) is 5.82 Å². The maximum atomic E-state index is 17.4. The van der Waals surface area contributed by atoms with Gasteiger partial charge in [-0.2, -0.15) is 9.97 Å². The predicted octanol–water partition coefficient (Wildman–Crippen LogP) is 6.96. The van der Waals surface area contributed by atoms with Gasteiger partial charge in [0.1, 0.15) is 52.7 Å². The number of halogens is 3. The van der Waals surface area contributed by atoms with E-state index in [1.54, 1.807) is 24.3 Å². The van der Waals surface area contributed by atoms with Gasteiger partial charge in [0.2, 0.25) is 5.88 Å². The van der Waals surface area contributed by atoms with E-state index in [0.29, 0.717) is 42.5 Å². The van der Waals surface area contributed by atoms with Gasteiger partial charge >= 0.3 is 12.1 Å². The molecule has 2 aromatic heterocycles. The summed E-state index contributed by atoms with van der Waals surface area (Å²) in [6, 6.07) is 6.99. The predicted molar refractivity (Wildman–Crippen MR) is 197 cm³/mol. The number of anilines is 1. The lowest BCUT2D eigenvalue weighted by atomic mass is 9.93. The molecule has 10 nitrogen and oxygen atoms in total. The molecule has 2 aromatic carbocycles. The number of piperazine rings is 1. The van der Waals surface area contributed by atoms with E-state index < -0.39 is 47.2 Å². The van der Waals surface area contributed by atoms with Gasteiger partial charge in [-0.15, -0.1) is 6.42 Å². The van der Waals surface area contributed by atoms with Crippen molar-refractivity contribution < 1.29 is 32.2 Å². The van der Waals surface area contributed by atoms with Gasteiger partial charge in [-0.25, -0.2) is 22.9 Å². The maximum Gasteiger partial charge on any atom is 0.410 e. The fourth-order valence-corrected chi connectivity index (χ4v) is 9.60. The van der Waals surface area contributed by atoms with E-state index in [4.69, 9.17) is 30.6 Å². The Balaban J connectivity index is 1.22. The fourth-order valence-electron chi connectivity index (χ4n) is 9.60. The monoisotopic (exact) mass is 738 g/mol. The summed E-state index contributed by atoms with van der Waals surface area (Å²) < 4.78 is 66.1. The molecule has 0 N–H and O–H groups in total. The van der Waals surface area contributed by atoms with E-state index in [0.717, 1.165) is 12.0 Å². The number of benzene rings is 2. The minimum absolute atomic E-state index is 0.0166. The number of terminal acetylenes is 1. The van der Waals surface area contributed by atoms with Crippen molar-refractivity contribution in [3.05, 3.63) is 59.7 Å². The summed E-state index contributed by atoms with van der Waals surface area (Å²) in [7, 11) is 0. The molecule has 54 heavy (non-hydrogen) atoms. The first-order chi connectivity index (χ1) is 25.7. The molecule has 2 unspecified atom stereocenters. The molecule has 4 fully saturated rings. The zero-order valence-corrected chi connectivity index (χ0v) is 30.7. The number of amides is 1. The zero-order valence-electron chi connectivity index (χ0n) is 30.7. The van der Waals surface area contributed by atoms with Crippen LogP contribution in [-0.4, -0.2) is 98.6 Å². The second-order valence-corrected chi connectivity index (χ2v) is 16.4. The topological polar surface area (TPSA) is 93.2 Å². The minimum Gasteiger partial charge on any atom is -0.472 e. The van der Waals surface area contributed by atoms with Crippen molar-refractivity contribution in [1.29, 1.82) is 0 Å². The number of hydrogen-bond donors (Lipinski definition) is 0. The van der Waals surface area contributed by atoms with Gasteiger partial charge in [-0.1, -0.05) is 42.3 Å². The van der Waals surface area contributed by atoms with Gasteiger partial charge < -0.3 is 19.1 Å². The summed E-state index contributed by atoms with van der Waals surface area (Å²) in [4.78, 5) is 34.0. The van der Waals surface area contributed by atoms with E-state index >= 15 is 8.78 Å². The Kier molecular flexibility index (Phi) is 7.84. The van der Waals surface area contributed by atoms with Crippen molar-refractivity contribution in [2.45, 2.75) is 94.9 Å². The largest absolute Gasteiger partial charge is 0.472 e. The van der Waals surface area contributed by atoms with E-state index in [-0.39, 0.29) is 71.3 Å². The lowest BCUT2D eigenvalue weighted by Gasteiger charge is -2.48. The molecular formula is C41H41F3N6O4. The Bertz CT molecular complexity index is 2310. The fraction of sp³-hybridized carbons (Fsp3) is 0.463. The molecule has 0 saturated carbocycles. The number of carbonyl (C=O) groups is 1. The van der Waals surface area contributed by atoms with Gasteiger partial charge in [0.25, 0.3) is 0 Å². The van der Waals surface area contributed by atoms with Crippen molar-refractivity contribution >= 4 is 33.6 Å². The number of hydrogen-bond acceptors (Lipinski definition) is 9. The molecule has 5 aliphatic rings. The van der Waals surface area contributed by atoms with Crippen molar-refractivity contribution in [3.8, 4) is 35.5 Å². The van der Waals surface area contributed by atoms with E-state index in [9.17, 15) is 9.18 Å². The molecule has 2 bridgehead atoms. The summed E-state index contributed by atoms with van der Waals surface area (Å²) in [6.45, 7) is 12.9. The molecular weight excluding hydrogens is 697 g/mol. The third kappa shape index (κ3) is 5.35. The first-order valence-electron chi connectivity index (χ1n) is 18.5. The second-order valence-electron chi connectivity index (χ2n) is 16.4. The molecule has 0 radical (unpaired) electrons. The number of ether oxygens (including phenoxy) is 3. The number of nitrogens with zero attached hydrogens (tertiary/aromatic N) is 6. The van der Waals surface area contributed by atoms with Crippen LogP contribution in [0.25, 0.3) is 32.9 Å². The normalized spacial score (nSPS) is 27.4. The molecule has 4 aromatic rings. The Morgan fingerprint density at radius 1 is 1.13 bits per heavy atom. The first kappa shape index (κ1) is 34.7. The van der Waals surface area contributed by atoms with E-state index in [1.807, 2.05) is 32.6 Å². The highest BCUT2D eigenvalue weighted by molar-refractivity contribution is 6.03. The van der Waals surface area contributed by atoms with Gasteiger partial charge in [-0.3, -0.25) is 9.80 Å².